The Morgan fingerprint density at radius 3 is 2.73 bits per heavy atom. The largest absolute Gasteiger partial charge is 0.451 e. The number of halogens is 3. The molecule has 0 bridgehead atoms. The molecular weight excluding hydrogens is 211 g/mol. The Kier molecular flexibility index (Phi) is 1.95. The summed E-state index contributed by atoms with van der Waals surface area (Å²) < 4.78 is 37.9. The molecule has 0 radical (unpaired) electrons. The van der Waals surface area contributed by atoms with Gasteiger partial charge >= 0.3 is 6.18 Å². The minimum Gasteiger partial charge on any atom is -0.296 e. The summed E-state index contributed by atoms with van der Waals surface area (Å²) in [4.78, 5) is 13.7. The van der Waals surface area contributed by atoms with Gasteiger partial charge < -0.3 is 0 Å². The quantitative estimate of drug-likeness (QED) is 0.678. The van der Waals surface area contributed by atoms with Gasteiger partial charge in [-0.05, 0) is 12.1 Å². The van der Waals surface area contributed by atoms with Gasteiger partial charge in [-0.15, -0.1) is 0 Å². The molecule has 7 heteroatoms. The third-order valence-corrected chi connectivity index (χ3v) is 1.81. The fraction of sp³-hybridized carbons (Fsp3) is 0.125. The third kappa shape index (κ3) is 1.45. The van der Waals surface area contributed by atoms with E-state index in [-0.39, 0.29) is 17.5 Å². The second-order valence-electron chi connectivity index (χ2n) is 2.76. The van der Waals surface area contributed by atoms with Crippen LogP contribution in [0.2, 0.25) is 0 Å². The van der Waals surface area contributed by atoms with Crippen molar-refractivity contribution in [2.75, 3.05) is 0 Å². The molecule has 0 N–H and O–H groups in total. The first-order valence-electron chi connectivity index (χ1n) is 3.90. The van der Waals surface area contributed by atoms with E-state index in [9.17, 15) is 18.0 Å². The molecule has 2 aromatic heterocycles. The highest BCUT2D eigenvalue weighted by Gasteiger charge is 2.37. The number of imidazole rings is 1. The average Bonchev–Trinajstić information content (AvgIpc) is 2.55. The van der Waals surface area contributed by atoms with Gasteiger partial charge in [-0.1, -0.05) is 0 Å². The van der Waals surface area contributed by atoms with Crippen molar-refractivity contribution in [3.63, 3.8) is 0 Å². The SMILES string of the molecule is O=Cc1nc(C(F)(F)F)n2ncccc12. The zero-order chi connectivity index (χ0) is 11.1. The molecule has 0 spiro atoms. The van der Waals surface area contributed by atoms with E-state index in [0.29, 0.717) is 4.52 Å². The van der Waals surface area contributed by atoms with Gasteiger partial charge in [-0.25, -0.2) is 9.50 Å². The van der Waals surface area contributed by atoms with Gasteiger partial charge in [0.15, 0.2) is 6.29 Å². The molecule has 2 rings (SSSR count). The maximum Gasteiger partial charge on any atom is 0.451 e. The van der Waals surface area contributed by atoms with Crippen LogP contribution >= 0.6 is 0 Å². The van der Waals surface area contributed by atoms with E-state index in [2.05, 4.69) is 10.1 Å². The number of carbonyl (C=O) groups excluding carboxylic acids is 1. The Labute approximate surface area is 81.3 Å². The van der Waals surface area contributed by atoms with Crippen LogP contribution in [-0.4, -0.2) is 20.9 Å². The van der Waals surface area contributed by atoms with E-state index in [1.54, 1.807) is 0 Å². The van der Waals surface area contributed by atoms with Crippen LogP contribution in [0.25, 0.3) is 5.52 Å². The number of aromatic nitrogens is 3. The van der Waals surface area contributed by atoms with Gasteiger partial charge in [-0.3, -0.25) is 4.79 Å². The van der Waals surface area contributed by atoms with Gasteiger partial charge in [0, 0.05) is 6.20 Å². The zero-order valence-electron chi connectivity index (χ0n) is 7.19. The summed E-state index contributed by atoms with van der Waals surface area (Å²) in [5.41, 5.74) is -0.227. The number of hydrogen-bond acceptors (Lipinski definition) is 3. The van der Waals surface area contributed by atoms with Gasteiger partial charge in [0.25, 0.3) is 0 Å². The molecule has 0 atom stereocenters. The molecule has 4 nitrogen and oxygen atoms in total. The minimum atomic E-state index is -4.63. The lowest BCUT2D eigenvalue weighted by Crippen LogP contribution is -2.12. The molecule has 0 aliphatic rings. The summed E-state index contributed by atoms with van der Waals surface area (Å²) in [5.74, 6) is -1.19. The number of carbonyl (C=O) groups is 1. The highest BCUT2D eigenvalue weighted by Crippen LogP contribution is 2.28. The first-order chi connectivity index (χ1) is 7.04. The van der Waals surface area contributed by atoms with Crippen LogP contribution < -0.4 is 0 Å². The molecule has 2 aromatic rings. The van der Waals surface area contributed by atoms with Gasteiger partial charge in [0.1, 0.15) is 5.69 Å². The number of hydrogen-bond donors (Lipinski definition) is 0. The summed E-state index contributed by atoms with van der Waals surface area (Å²) in [7, 11) is 0. The predicted octanol–water partition coefficient (Wildman–Crippen LogP) is 1.56. The molecule has 15 heavy (non-hydrogen) atoms. The molecule has 0 aliphatic heterocycles. The number of rotatable bonds is 1. The monoisotopic (exact) mass is 215 g/mol. The van der Waals surface area contributed by atoms with Crippen LogP contribution in [-0.2, 0) is 6.18 Å². The lowest BCUT2D eigenvalue weighted by Gasteiger charge is -2.02. The van der Waals surface area contributed by atoms with Crippen molar-refractivity contribution in [3.05, 3.63) is 29.8 Å². The number of fused-ring (bicyclic) bond motifs is 1. The summed E-state index contributed by atoms with van der Waals surface area (Å²) in [6.07, 6.45) is -3.16. The van der Waals surface area contributed by atoms with Gasteiger partial charge in [0.05, 0.1) is 5.52 Å². The number of nitrogens with zero attached hydrogens (tertiary/aromatic N) is 3. The molecule has 0 saturated carbocycles. The van der Waals surface area contributed by atoms with E-state index >= 15 is 0 Å². The first-order valence-corrected chi connectivity index (χ1v) is 3.90. The molecule has 0 unspecified atom stereocenters. The van der Waals surface area contributed by atoms with Crippen molar-refractivity contribution in [2.24, 2.45) is 0 Å². The Balaban J connectivity index is 2.82. The molecule has 78 valence electrons. The van der Waals surface area contributed by atoms with Gasteiger partial charge in [-0.2, -0.15) is 18.3 Å². The van der Waals surface area contributed by atoms with E-state index < -0.39 is 12.0 Å². The lowest BCUT2D eigenvalue weighted by atomic mass is 10.4. The first kappa shape index (κ1) is 9.63. The standard InChI is InChI=1S/C8H4F3N3O/c9-8(10,11)7-13-5(4-15)6-2-1-3-12-14(6)7/h1-4H. The van der Waals surface area contributed by atoms with E-state index in [4.69, 9.17) is 0 Å². The highest BCUT2D eigenvalue weighted by molar-refractivity contribution is 5.83. The van der Waals surface area contributed by atoms with Crippen molar-refractivity contribution in [3.8, 4) is 0 Å². The van der Waals surface area contributed by atoms with Crippen LogP contribution in [0.5, 0.6) is 0 Å². The molecule has 0 aliphatic carbocycles. The summed E-state index contributed by atoms with van der Waals surface area (Å²) in [6.45, 7) is 0. The zero-order valence-corrected chi connectivity index (χ0v) is 7.19. The highest BCUT2D eigenvalue weighted by atomic mass is 19.4. The Bertz CT molecular complexity index is 517. The molecule has 0 saturated heterocycles. The Morgan fingerprint density at radius 1 is 1.40 bits per heavy atom. The number of alkyl halides is 3. The maximum atomic E-state index is 12.4. The predicted molar refractivity (Wildman–Crippen MR) is 43.4 cm³/mol. The summed E-state index contributed by atoms with van der Waals surface area (Å²) in [5, 5.41) is 3.49. The normalized spacial score (nSPS) is 11.9. The molecule has 0 fully saturated rings. The Morgan fingerprint density at radius 2 is 2.13 bits per heavy atom. The maximum absolute atomic E-state index is 12.4. The van der Waals surface area contributed by atoms with Crippen LogP contribution in [0, 0.1) is 0 Å². The smallest absolute Gasteiger partial charge is 0.296 e. The van der Waals surface area contributed by atoms with E-state index in [1.807, 2.05) is 0 Å². The summed E-state index contributed by atoms with van der Waals surface area (Å²) >= 11 is 0. The van der Waals surface area contributed by atoms with Crippen molar-refractivity contribution in [1.29, 1.82) is 0 Å². The molecule has 2 heterocycles. The molecule has 0 aromatic carbocycles. The van der Waals surface area contributed by atoms with Crippen LogP contribution in [0.4, 0.5) is 13.2 Å². The lowest BCUT2D eigenvalue weighted by molar-refractivity contribution is -0.146. The van der Waals surface area contributed by atoms with Gasteiger partial charge in [0.2, 0.25) is 5.82 Å². The van der Waals surface area contributed by atoms with Crippen LogP contribution in [0.15, 0.2) is 18.3 Å². The molecular formula is C8H4F3N3O. The molecule has 0 amide bonds. The third-order valence-electron chi connectivity index (χ3n) is 1.81. The second-order valence-corrected chi connectivity index (χ2v) is 2.76. The van der Waals surface area contributed by atoms with Crippen molar-refractivity contribution < 1.29 is 18.0 Å². The van der Waals surface area contributed by atoms with E-state index in [1.165, 1.54) is 18.3 Å². The fourth-order valence-corrected chi connectivity index (χ4v) is 1.22. The number of aldehydes is 1. The van der Waals surface area contributed by atoms with Crippen LogP contribution in [0.1, 0.15) is 16.3 Å². The fourth-order valence-electron chi connectivity index (χ4n) is 1.22. The summed E-state index contributed by atoms with van der Waals surface area (Å²) in [6, 6.07) is 2.78. The van der Waals surface area contributed by atoms with Crippen molar-refractivity contribution in [2.45, 2.75) is 6.18 Å². The average molecular weight is 215 g/mol. The second kappa shape index (κ2) is 3.04. The topological polar surface area (TPSA) is 47.3 Å². The van der Waals surface area contributed by atoms with Crippen molar-refractivity contribution >= 4 is 11.8 Å². The Hall–Kier alpha value is -1.92. The van der Waals surface area contributed by atoms with Crippen LogP contribution in [0.3, 0.4) is 0 Å². The van der Waals surface area contributed by atoms with Crippen molar-refractivity contribution in [1.82, 2.24) is 14.6 Å². The minimum absolute atomic E-state index is 0.0415. The van der Waals surface area contributed by atoms with E-state index in [0.717, 1.165) is 0 Å².